The van der Waals surface area contributed by atoms with Gasteiger partial charge in [0.05, 0.1) is 0 Å². The minimum absolute atomic E-state index is 0.0504. The van der Waals surface area contributed by atoms with Gasteiger partial charge in [-0.05, 0) is 37.3 Å². The Morgan fingerprint density at radius 1 is 1.00 bits per heavy atom. The van der Waals surface area contributed by atoms with E-state index < -0.39 is 0 Å². The van der Waals surface area contributed by atoms with Crippen molar-refractivity contribution in [2.24, 2.45) is 0 Å². The summed E-state index contributed by atoms with van der Waals surface area (Å²) in [5.74, 6) is 0.627. The second-order valence-electron chi connectivity index (χ2n) is 6.13. The number of para-hydroxylation sites is 1. The van der Waals surface area contributed by atoms with E-state index in [0.29, 0.717) is 28.0 Å². The van der Waals surface area contributed by atoms with E-state index in [1.807, 2.05) is 61.5 Å². The number of aryl methyl sites for hydroxylation is 1. The lowest BCUT2D eigenvalue weighted by atomic mass is 10.1. The molecule has 0 radical (unpaired) electrons. The molecule has 27 heavy (non-hydrogen) atoms. The van der Waals surface area contributed by atoms with Crippen LogP contribution in [-0.4, -0.2) is 5.78 Å². The summed E-state index contributed by atoms with van der Waals surface area (Å²) in [6, 6.07) is 20.4. The largest absolute Gasteiger partial charge is 0.488 e. The maximum absolute atomic E-state index is 12.3. The molecule has 3 aromatic rings. The van der Waals surface area contributed by atoms with Gasteiger partial charge in [-0.3, -0.25) is 4.79 Å². The topological polar surface area (TPSA) is 26.3 Å². The van der Waals surface area contributed by atoms with Crippen molar-refractivity contribution < 1.29 is 9.53 Å². The van der Waals surface area contributed by atoms with Gasteiger partial charge in [0.15, 0.2) is 5.78 Å². The van der Waals surface area contributed by atoms with Gasteiger partial charge >= 0.3 is 0 Å². The number of ketones is 1. The normalized spacial score (nSPS) is 10.9. The van der Waals surface area contributed by atoms with Crippen LogP contribution in [-0.2, 0) is 6.61 Å². The molecule has 0 aliphatic carbocycles. The number of carbonyl (C=O) groups excluding carboxylic acids is 1. The summed E-state index contributed by atoms with van der Waals surface area (Å²) in [6.45, 7) is 2.30. The molecule has 0 saturated heterocycles. The summed E-state index contributed by atoms with van der Waals surface area (Å²) >= 11 is 12.1. The quantitative estimate of drug-likeness (QED) is 0.339. The number of ether oxygens (including phenoxy) is 1. The molecule has 0 saturated carbocycles. The van der Waals surface area contributed by atoms with Gasteiger partial charge < -0.3 is 4.74 Å². The van der Waals surface area contributed by atoms with E-state index in [1.165, 1.54) is 0 Å². The van der Waals surface area contributed by atoms with E-state index in [4.69, 9.17) is 27.9 Å². The standard InChI is InChI=1S/C23H18Cl2O2/c1-16-6-8-17(9-7-16)22(26)13-11-18-4-2-3-5-23(18)27-15-19-10-12-20(24)14-21(19)25/h2-14H,15H2,1H3/b13-11+. The third kappa shape index (κ3) is 5.22. The number of hydrogen-bond donors (Lipinski definition) is 0. The Balaban J connectivity index is 1.73. The lowest BCUT2D eigenvalue weighted by molar-refractivity contribution is 0.104. The zero-order valence-electron chi connectivity index (χ0n) is 14.8. The molecule has 0 amide bonds. The number of carbonyl (C=O) groups is 1. The molecule has 3 rings (SSSR count). The van der Waals surface area contributed by atoms with Gasteiger partial charge in [-0.15, -0.1) is 0 Å². The molecule has 0 aliphatic rings. The first-order valence-electron chi connectivity index (χ1n) is 8.48. The molecule has 4 heteroatoms. The van der Waals surface area contributed by atoms with E-state index in [1.54, 1.807) is 24.3 Å². The SMILES string of the molecule is Cc1ccc(C(=O)/C=C/c2ccccc2OCc2ccc(Cl)cc2Cl)cc1. The number of halogens is 2. The van der Waals surface area contributed by atoms with E-state index in [0.717, 1.165) is 16.7 Å². The van der Waals surface area contributed by atoms with Crippen LogP contribution in [0.1, 0.15) is 27.0 Å². The predicted octanol–water partition coefficient (Wildman–Crippen LogP) is 6.78. The van der Waals surface area contributed by atoms with Crippen molar-refractivity contribution in [2.75, 3.05) is 0 Å². The van der Waals surface area contributed by atoms with Gasteiger partial charge in [0.1, 0.15) is 12.4 Å². The zero-order chi connectivity index (χ0) is 19.2. The van der Waals surface area contributed by atoms with Crippen molar-refractivity contribution in [1.82, 2.24) is 0 Å². The van der Waals surface area contributed by atoms with Gasteiger partial charge in [-0.1, -0.05) is 77.3 Å². The van der Waals surface area contributed by atoms with E-state index in [2.05, 4.69) is 0 Å². The van der Waals surface area contributed by atoms with Gasteiger partial charge in [0, 0.05) is 26.7 Å². The van der Waals surface area contributed by atoms with Gasteiger partial charge in [-0.25, -0.2) is 0 Å². The Labute approximate surface area is 169 Å². The van der Waals surface area contributed by atoms with Crippen molar-refractivity contribution in [3.05, 3.63) is 105 Å². The number of hydrogen-bond acceptors (Lipinski definition) is 2. The fraction of sp³-hybridized carbons (Fsp3) is 0.0870. The highest BCUT2D eigenvalue weighted by Gasteiger charge is 2.06. The summed E-state index contributed by atoms with van der Waals surface area (Å²) in [5, 5.41) is 1.15. The molecular weight excluding hydrogens is 379 g/mol. The summed E-state index contributed by atoms with van der Waals surface area (Å²) in [7, 11) is 0. The smallest absolute Gasteiger partial charge is 0.185 e. The van der Waals surface area contributed by atoms with Crippen LogP contribution in [0.3, 0.4) is 0 Å². The fourth-order valence-corrected chi connectivity index (χ4v) is 2.99. The van der Waals surface area contributed by atoms with Crippen molar-refractivity contribution in [2.45, 2.75) is 13.5 Å². The summed E-state index contributed by atoms with van der Waals surface area (Å²) in [6.07, 6.45) is 3.32. The molecule has 0 N–H and O–H groups in total. The highest BCUT2D eigenvalue weighted by molar-refractivity contribution is 6.35. The second kappa shape index (κ2) is 8.90. The van der Waals surface area contributed by atoms with Crippen LogP contribution in [0.4, 0.5) is 0 Å². The van der Waals surface area contributed by atoms with Crippen molar-refractivity contribution >= 4 is 35.1 Å². The Hall–Kier alpha value is -2.55. The molecule has 2 nitrogen and oxygen atoms in total. The van der Waals surface area contributed by atoms with Gasteiger partial charge in [-0.2, -0.15) is 0 Å². The molecule has 0 atom stereocenters. The van der Waals surface area contributed by atoms with Crippen molar-refractivity contribution in [1.29, 1.82) is 0 Å². The van der Waals surface area contributed by atoms with E-state index >= 15 is 0 Å². The van der Waals surface area contributed by atoms with Gasteiger partial charge in [0.2, 0.25) is 0 Å². The third-order valence-corrected chi connectivity index (χ3v) is 4.65. The number of rotatable bonds is 6. The average molecular weight is 397 g/mol. The lowest BCUT2D eigenvalue weighted by Gasteiger charge is -2.10. The molecule has 0 spiro atoms. The van der Waals surface area contributed by atoms with Crippen molar-refractivity contribution in [3.8, 4) is 5.75 Å². The monoisotopic (exact) mass is 396 g/mol. The average Bonchev–Trinajstić information content (AvgIpc) is 2.66. The minimum atomic E-state index is -0.0504. The Morgan fingerprint density at radius 2 is 1.74 bits per heavy atom. The van der Waals surface area contributed by atoms with Crippen LogP contribution in [0.15, 0.2) is 72.8 Å². The predicted molar refractivity (Wildman–Crippen MR) is 112 cm³/mol. The van der Waals surface area contributed by atoms with Crippen LogP contribution in [0.5, 0.6) is 5.75 Å². The number of benzene rings is 3. The van der Waals surface area contributed by atoms with Crippen LogP contribution in [0.2, 0.25) is 10.0 Å². The first kappa shape index (κ1) is 19.2. The maximum Gasteiger partial charge on any atom is 0.185 e. The number of allylic oxidation sites excluding steroid dienone is 1. The Kier molecular flexibility index (Phi) is 6.33. The molecular formula is C23H18Cl2O2. The summed E-state index contributed by atoms with van der Waals surface area (Å²) in [4.78, 5) is 12.3. The Morgan fingerprint density at radius 3 is 2.48 bits per heavy atom. The van der Waals surface area contributed by atoms with Crippen molar-refractivity contribution in [3.63, 3.8) is 0 Å². The van der Waals surface area contributed by atoms with Gasteiger partial charge in [0.25, 0.3) is 0 Å². The third-order valence-electron chi connectivity index (χ3n) is 4.07. The molecule has 3 aromatic carbocycles. The van der Waals surface area contributed by atoms with Crippen LogP contribution < -0.4 is 4.74 Å². The summed E-state index contributed by atoms with van der Waals surface area (Å²) < 4.78 is 5.91. The molecule has 0 aliphatic heterocycles. The molecule has 136 valence electrons. The zero-order valence-corrected chi connectivity index (χ0v) is 16.3. The van der Waals surface area contributed by atoms with E-state index in [-0.39, 0.29) is 5.78 Å². The van der Waals surface area contributed by atoms with E-state index in [9.17, 15) is 4.79 Å². The maximum atomic E-state index is 12.3. The molecule has 0 heterocycles. The second-order valence-corrected chi connectivity index (χ2v) is 6.97. The first-order chi connectivity index (χ1) is 13.0. The molecule has 0 unspecified atom stereocenters. The lowest BCUT2D eigenvalue weighted by Crippen LogP contribution is -1.98. The first-order valence-corrected chi connectivity index (χ1v) is 9.23. The van der Waals surface area contributed by atoms with Crippen LogP contribution >= 0.6 is 23.2 Å². The minimum Gasteiger partial charge on any atom is -0.488 e. The molecule has 0 bridgehead atoms. The summed E-state index contributed by atoms with van der Waals surface area (Å²) in [5.41, 5.74) is 3.44. The highest BCUT2D eigenvalue weighted by Crippen LogP contribution is 2.25. The Bertz CT molecular complexity index is 976. The van der Waals surface area contributed by atoms with Crippen LogP contribution in [0.25, 0.3) is 6.08 Å². The molecule has 0 aromatic heterocycles. The fourth-order valence-electron chi connectivity index (χ4n) is 2.52. The van der Waals surface area contributed by atoms with Crippen LogP contribution in [0, 0.1) is 6.92 Å². The molecule has 0 fully saturated rings. The highest BCUT2D eigenvalue weighted by atomic mass is 35.5.